The van der Waals surface area contributed by atoms with E-state index in [1.54, 1.807) is 4.90 Å². The number of likely N-dealkylation sites (tertiary alicyclic amines) is 1. The third-order valence-corrected chi connectivity index (χ3v) is 5.37. The van der Waals surface area contributed by atoms with E-state index >= 15 is 0 Å². The summed E-state index contributed by atoms with van der Waals surface area (Å²) < 4.78 is 5.53. The van der Waals surface area contributed by atoms with E-state index in [9.17, 15) is 9.59 Å². The number of carbonyl (C=O) groups excluding carboxylic acids is 2. The fraction of sp³-hybridized carbons (Fsp3) is 0.895. The number of carbonyl (C=O) groups is 2. The normalized spacial score (nSPS) is 25.6. The Morgan fingerprint density at radius 1 is 1.32 bits per heavy atom. The molecule has 1 saturated carbocycles. The van der Waals surface area contributed by atoms with Crippen LogP contribution < -0.4 is 5.32 Å². The summed E-state index contributed by atoms with van der Waals surface area (Å²) >= 11 is 0. The van der Waals surface area contributed by atoms with Crippen molar-refractivity contribution in [3.8, 4) is 0 Å². The molecule has 0 aromatic carbocycles. The second-order valence-electron chi connectivity index (χ2n) is 8.82. The molecule has 2 aliphatic rings. The number of piperidine rings is 1. The fourth-order valence-corrected chi connectivity index (χ4v) is 3.38. The van der Waals surface area contributed by atoms with Gasteiger partial charge in [0.15, 0.2) is 0 Å². The topological polar surface area (TPSA) is 61.9 Å². The first-order valence-corrected chi connectivity index (χ1v) is 9.55. The van der Waals surface area contributed by atoms with E-state index in [4.69, 9.17) is 4.74 Å². The monoisotopic (exact) mass is 353 g/mol. The van der Waals surface area contributed by atoms with Gasteiger partial charge < -0.3 is 10.1 Å². The molecule has 1 heterocycles. The van der Waals surface area contributed by atoms with Gasteiger partial charge in [0, 0.05) is 25.2 Å². The fourth-order valence-electron chi connectivity index (χ4n) is 3.38. The third-order valence-electron chi connectivity index (χ3n) is 5.37. The lowest BCUT2D eigenvalue weighted by molar-refractivity contribution is -0.134. The van der Waals surface area contributed by atoms with E-state index in [2.05, 4.69) is 24.2 Å². The molecule has 1 aliphatic heterocycles. The number of likely N-dealkylation sites (N-methyl/N-ethyl adjacent to an activating group) is 1. The molecule has 0 unspecified atom stereocenters. The lowest BCUT2D eigenvalue weighted by atomic mass is 9.87. The summed E-state index contributed by atoms with van der Waals surface area (Å²) in [5, 5.41) is 3.07. The quantitative estimate of drug-likeness (QED) is 0.825. The van der Waals surface area contributed by atoms with Gasteiger partial charge in [-0.15, -0.1) is 0 Å². The Labute approximate surface area is 152 Å². The van der Waals surface area contributed by atoms with Crippen molar-refractivity contribution in [3.05, 3.63) is 0 Å². The van der Waals surface area contributed by atoms with Gasteiger partial charge in [-0.1, -0.05) is 0 Å². The maximum Gasteiger partial charge on any atom is 0.411 e. The smallest absolute Gasteiger partial charge is 0.411 e. The molecule has 2 amide bonds. The van der Waals surface area contributed by atoms with E-state index in [1.807, 2.05) is 27.7 Å². The summed E-state index contributed by atoms with van der Waals surface area (Å²) in [6, 6.07) is 0.953. The number of amides is 2. The predicted molar refractivity (Wildman–Crippen MR) is 98.5 cm³/mol. The van der Waals surface area contributed by atoms with E-state index in [0.717, 1.165) is 12.8 Å². The van der Waals surface area contributed by atoms with Crippen LogP contribution in [0, 0.1) is 0 Å². The van der Waals surface area contributed by atoms with Crippen LogP contribution in [0.5, 0.6) is 0 Å². The molecular weight excluding hydrogens is 318 g/mol. The zero-order chi connectivity index (χ0) is 18.8. The highest BCUT2D eigenvalue weighted by Crippen LogP contribution is 2.30. The Morgan fingerprint density at radius 2 is 1.96 bits per heavy atom. The largest absolute Gasteiger partial charge is 0.444 e. The molecule has 6 nitrogen and oxygen atoms in total. The van der Waals surface area contributed by atoms with Crippen LogP contribution in [0.15, 0.2) is 0 Å². The standard InChI is InChI=1S/C19H35N3O3/c1-14(21(6)15-9-10-15)13-20-16(23)19(5)11-7-8-12-22(19)17(24)25-18(2,3)4/h14-15H,7-13H2,1-6H3,(H,20,23)/t14-,19-/m1/s1. The molecule has 0 aromatic rings. The van der Waals surface area contributed by atoms with Gasteiger partial charge >= 0.3 is 6.09 Å². The summed E-state index contributed by atoms with van der Waals surface area (Å²) in [6.07, 6.45) is 4.62. The van der Waals surface area contributed by atoms with Crippen molar-refractivity contribution in [2.75, 3.05) is 20.1 Å². The molecule has 2 fully saturated rings. The molecule has 0 aromatic heterocycles. The van der Waals surface area contributed by atoms with Crippen LogP contribution in [0.4, 0.5) is 4.79 Å². The molecule has 0 radical (unpaired) electrons. The summed E-state index contributed by atoms with van der Waals surface area (Å²) in [5.41, 5.74) is -1.40. The highest BCUT2D eigenvalue weighted by molar-refractivity contribution is 5.89. The van der Waals surface area contributed by atoms with Crippen LogP contribution in [-0.4, -0.2) is 65.2 Å². The minimum Gasteiger partial charge on any atom is -0.444 e. The van der Waals surface area contributed by atoms with Crippen molar-refractivity contribution in [3.63, 3.8) is 0 Å². The number of hydrogen-bond donors (Lipinski definition) is 1. The summed E-state index contributed by atoms with van der Waals surface area (Å²) in [5.74, 6) is -0.0749. The molecule has 1 saturated heterocycles. The zero-order valence-electron chi connectivity index (χ0n) is 16.7. The van der Waals surface area contributed by atoms with Crippen LogP contribution in [0.2, 0.25) is 0 Å². The molecule has 2 rings (SSSR count). The SMILES string of the molecule is C[C@H](CNC(=O)[C@@]1(C)CCCCN1C(=O)OC(C)(C)C)N(C)C1CC1. The minimum absolute atomic E-state index is 0.0749. The van der Waals surface area contributed by atoms with E-state index < -0.39 is 17.2 Å². The van der Waals surface area contributed by atoms with Gasteiger partial charge in [-0.05, 0) is 73.8 Å². The van der Waals surface area contributed by atoms with Gasteiger partial charge in [-0.25, -0.2) is 4.79 Å². The van der Waals surface area contributed by atoms with Crippen molar-refractivity contribution < 1.29 is 14.3 Å². The van der Waals surface area contributed by atoms with Crippen molar-refractivity contribution in [2.45, 2.75) is 89.9 Å². The highest BCUT2D eigenvalue weighted by atomic mass is 16.6. The number of ether oxygens (including phenoxy) is 1. The highest BCUT2D eigenvalue weighted by Gasteiger charge is 2.45. The number of nitrogens with one attached hydrogen (secondary N) is 1. The van der Waals surface area contributed by atoms with Gasteiger partial charge in [0.25, 0.3) is 0 Å². The van der Waals surface area contributed by atoms with Crippen molar-refractivity contribution in [1.29, 1.82) is 0 Å². The Morgan fingerprint density at radius 3 is 2.52 bits per heavy atom. The average molecular weight is 354 g/mol. The third kappa shape index (κ3) is 5.09. The molecule has 1 aliphatic carbocycles. The van der Waals surface area contributed by atoms with Crippen LogP contribution >= 0.6 is 0 Å². The van der Waals surface area contributed by atoms with Gasteiger partial charge in [-0.2, -0.15) is 0 Å². The van der Waals surface area contributed by atoms with Gasteiger partial charge in [0.1, 0.15) is 11.1 Å². The lowest BCUT2D eigenvalue weighted by Crippen LogP contribution is -2.62. The maximum absolute atomic E-state index is 12.9. The van der Waals surface area contributed by atoms with Gasteiger partial charge in [0.2, 0.25) is 5.91 Å². The van der Waals surface area contributed by atoms with Crippen LogP contribution in [-0.2, 0) is 9.53 Å². The van der Waals surface area contributed by atoms with Crippen LogP contribution in [0.1, 0.15) is 66.7 Å². The van der Waals surface area contributed by atoms with Crippen molar-refractivity contribution >= 4 is 12.0 Å². The second-order valence-corrected chi connectivity index (χ2v) is 8.82. The molecular formula is C19H35N3O3. The Hall–Kier alpha value is -1.30. The molecule has 0 spiro atoms. The summed E-state index contributed by atoms with van der Waals surface area (Å²) in [6.45, 7) is 10.7. The number of hydrogen-bond acceptors (Lipinski definition) is 4. The van der Waals surface area contributed by atoms with Crippen LogP contribution in [0.3, 0.4) is 0 Å². The van der Waals surface area contributed by atoms with Crippen molar-refractivity contribution in [2.24, 2.45) is 0 Å². The first kappa shape index (κ1) is 20.0. The first-order valence-electron chi connectivity index (χ1n) is 9.55. The van der Waals surface area contributed by atoms with E-state index in [-0.39, 0.29) is 5.91 Å². The summed E-state index contributed by atoms with van der Waals surface area (Å²) in [7, 11) is 2.11. The lowest BCUT2D eigenvalue weighted by Gasteiger charge is -2.43. The maximum atomic E-state index is 12.9. The molecule has 2 atom stereocenters. The molecule has 144 valence electrons. The predicted octanol–water partition coefficient (Wildman–Crippen LogP) is 2.76. The van der Waals surface area contributed by atoms with Crippen LogP contribution in [0.25, 0.3) is 0 Å². The molecule has 1 N–H and O–H groups in total. The average Bonchev–Trinajstić information content (AvgIpc) is 3.34. The van der Waals surface area contributed by atoms with Gasteiger partial charge in [-0.3, -0.25) is 14.6 Å². The summed E-state index contributed by atoms with van der Waals surface area (Å²) in [4.78, 5) is 29.5. The van der Waals surface area contributed by atoms with Gasteiger partial charge in [0.05, 0.1) is 0 Å². The molecule has 6 heteroatoms. The minimum atomic E-state index is -0.835. The van der Waals surface area contributed by atoms with E-state index in [0.29, 0.717) is 31.6 Å². The Kier molecular flexibility index (Phi) is 6.02. The second kappa shape index (κ2) is 7.52. The first-order chi connectivity index (χ1) is 11.5. The molecule has 25 heavy (non-hydrogen) atoms. The van der Waals surface area contributed by atoms with Crippen molar-refractivity contribution in [1.82, 2.24) is 15.1 Å². The Balaban J connectivity index is 1.99. The number of nitrogens with zero attached hydrogens (tertiary/aromatic N) is 2. The Bertz CT molecular complexity index is 499. The van der Waals surface area contributed by atoms with E-state index in [1.165, 1.54) is 12.8 Å². The molecule has 0 bridgehead atoms. The zero-order valence-corrected chi connectivity index (χ0v) is 16.7. The number of rotatable bonds is 5.